The van der Waals surface area contributed by atoms with E-state index in [9.17, 15) is 19.2 Å². The molecule has 14 heteroatoms. The fourth-order valence-electron chi connectivity index (χ4n) is 6.49. The van der Waals surface area contributed by atoms with Crippen LogP contribution < -0.4 is 16.0 Å². The van der Waals surface area contributed by atoms with Crippen LogP contribution in [0.15, 0.2) is 42.0 Å². The number of carbonyl (C=O) groups excluding carboxylic acids is 4. The third-order valence-corrected chi connectivity index (χ3v) is 10.3. The molecule has 2 fully saturated rings. The minimum Gasteiger partial charge on any atom is -0.340 e. The second-order valence-corrected chi connectivity index (χ2v) is 13.7. The van der Waals surface area contributed by atoms with Gasteiger partial charge in [-0.25, -0.2) is 8.76 Å². The van der Waals surface area contributed by atoms with Crippen LogP contribution >= 0.6 is 11.5 Å². The van der Waals surface area contributed by atoms with Gasteiger partial charge in [-0.05, 0) is 73.9 Å². The van der Waals surface area contributed by atoms with Crippen molar-refractivity contribution < 1.29 is 23.6 Å². The standard InChI is InChI=1S/C34H45FN8O4S/c1-5-43-28(12-13-36-43)32(45)40-30(23-8-6-21(2)7-9-23)33(46)38-27-11-10-24(18-26(27)35)22(3)29(39-31(44)25-19-37-48-20-25)34(47)42-16-14-41(4)15-17-42/h10-13,18-23,29-30H,5-9,14-17H2,1-4H3,(H,38,46)(H,39,44)(H,40,45)/t21?,22-,23?,29+,30-/m0/s1. The zero-order valence-corrected chi connectivity index (χ0v) is 28.8. The van der Waals surface area contributed by atoms with E-state index < -0.39 is 41.5 Å². The number of hydrogen-bond donors (Lipinski definition) is 3. The van der Waals surface area contributed by atoms with Crippen molar-refractivity contribution in [3.05, 3.63) is 64.7 Å². The Labute approximate surface area is 284 Å². The van der Waals surface area contributed by atoms with Crippen molar-refractivity contribution in [2.75, 3.05) is 38.5 Å². The van der Waals surface area contributed by atoms with Crippen molar-refractivity contribution in [2.45, 2.75) is 71.0 Å². The molecule has 0 spiro atoms. The van der Waals surface area contributed by atoms with Gasteiger partial charge >= 0.3 is 0 Å². The quantitative estimate of drug-likeness (QED) is 0.280. The predicted molar refractivity (Wildman–Crippen MR) is 181 cm³/mol. The van der Waals surface area contributed by atoms with Crippen molar-refractivity contribution in [1.29, 1.82) is 0 Å². The molecule has 3 N–H and O–H groups in total. The van der Waals surface area contributed by atoms with Gasteiger partial charge in [-0.15, -0.1) is 0 Å². The van der Waals surface area contributed by atoms with Crippen LogP contribution in [0.25, 0.3) is 0 Å². The Kier molecular flexibility index (Phi) is 11.6. The predicted octanol–water partition coefficient (Wildman–Crippen LogP) is 3.74. The fraction of sp³-hybridized carbons (Fsp3) is 0.529. The smallest absolute Gasteiger partial charge is 0.270 e. The van der Waals surface area contributed by atoms with Gasteiger partial charge in [0.05, 0.1) is 17.4 Å². The number of likely N-dealkylation sites (N-methyl/N-ethyl adjacent to an activating group) is 1. The molecule has 4 amide bonds. The summed E-state index contributed by atoms with van der Waals surface area (Å²) in [5.74, 6) is -2.42. The molecule has 2 aliphatic rings. The van der Waals surface area contributed by atoms with Crippen LogP contribution in [0.3, 0.4) is 0 Å². The Bertz CT molecular complexity index is 1580. The second kappa shape index (κ2) is 15.8. The number of rotatable bonds is 11. The summed E-state index contributed by atoms with van der Waals surface area (Å²) in [6.07, 6.45) is 6.39. The molecule has 1 aliphatic heterocycles. The molecule has 1 saturated heterocycles. The molecule has 258 valence electrons. The minimum absolute atomic E-state index is 0.0340. The first kappa shape index (κ1) is 35.1. The maximum atomic E-state index is 15.8. The summed E-state index contributed by atoms with van der Waals surface area (Å²) in [6.45, 7) is 8.79. The van der Waals surface area contributed by atoms with Crippen LogP contribution in [0, 0.1) is 17.7 Å². The summed E-state index contributed by atoms with van der Waals surface area (Å²) in [4.78, 5) is 57.7. The number of halogens is 1. The van der Waals surface area contributed by atoms with Crippen LogP contribution in [0.4, 0.5) is 10.1 Å². The Balaban J connectivity index is 1.34. The van der Waals surface area contributed by atoms with E-state index in [0.717, 1.165) is 37.2 Å². The number of nitrogens with one attached hydrogen (secondary N) is 3. The first-order valence-electron chi connectivity index (χ1n) is 16.7. The lowest BCUT2D eigenvalue weighted by Gasteiger charge is -2.36. The molecular formula is C34H45FN8O4S. The summed E-state index contributed by atoms with van der Waals surface area (Å²) in [7, 11) is 1.99. The lowest BCUT2D eigenvalue weighted by molar-refractivity contribution is -0.135. The number of anilines is 1. The Morgan fingerprint density at radius 2 is 1.75 bits per heavy atom. The van der Waals surface area contributed by atoms with Gasteiger partial charge in [-0.2, -0.15) is 5.10 Å². The highest BCUT2D eigenvalue weighted by atomic mass is 32.1. The van der Waals surface area contributed by atoms with Crippen molar-refractivity contribution in [2.24, 2.45) is 11.8 Å². The van der Waals surface area contributed by atoms with Crippen molar-refractivity contribution in [3.63, 3.8) is 0 Å². The topological polar surface area (TPSA) is 142 Å². The highest BCUT2D eigenvalue weighted by molar-refractivity contribution is 7.03. The summed E-state index contributed by atoms with van der Waals surface area (Å²) in [6, 6.07) is 4.20. The van der Waals surface area contributed by atoms with Gasteiger partial charge in [0.25, 0.3) is 11.8 Å². The van der Waals surface area contributed by atoms with Crippen LogP contribution in [0.2, 0.25) is 0 Å². The molecule has 1 saturated carbocycles. The van der Waals surface area contributed by atoms with E-state index in [1.807, 2.05) is 14.0 Å². The Morgan fingerprint density at radius 1 is 1.02 bits per heavy atom. The molecule has 3 atom stereocenters. The van der Waals surface area contributed by atoms with Gasteiger partial charge in [0.1, 0.15) is 23.6 Å². The van der Waals surface area contributed by atoms with Crippen molar-refractivity contribution in [3.8, 4) is 0 Å². The zero-order chi connectivity index (χ0) is 34.4. The summed E-state index contributed by atoms with van der Waals surface area (Å²) in [5, 5.41) is 14.3. The van der Waals surface area contributed by atoms with E-state index >= 15 is 4.39 Å². The van der Waals surface area contributed by atoms with Crippen molar-refractivity contribution in [1.82, 2.24) is 34.6 Å². The number of nitrogens with zero attached hydrogens (tertiary/aromatic N) is 5. The van der Waals surface area contributed by atoms with E-state index in [1.54, 1.807) is 40.2 Å². The maximum Gasteiger partial charge on any atom is 0.270 e. The molecule has 2 aromatic heterocycles. The van der Waals surface area contributed by atoms with Gasteiger partial charge in [0.15, 0.2) is 0 Å². The average Bonchev–Trinajstić information content (AvgIpc) is 3.80. The molecule has 0 radical (unpaired) electrons. The molecule has 1 aromatic carbocycles. The lowest BCUT2D eigenvalue weighted by Crippen LogP contribution is -2.55. The molecule has 5 rings (SSSR count). The first-order chi connectivity index (χ1) is 23.0. The monoisotopic (exact) mass is 680 g/mol. The number of carbonyl (C=O) groups is 4. The van der Waals surface area contributed by atoms with E-state index in [4.69, 9.17) is 0 Å². The number of aromatic nitrogens is 3. The SMILES string of the molecule is CCn1nccc1C(=O)N[C@H](C(=O)Nc1ccc([C@H](C)[C@@H](NC(=O)c2cnsc2)C(=O)N2CCN(C)CC2)cc1F)C1CCC(C)CC1. The highest BCUT2D eigenvalue weighted by Crippen LogP contribution is 2.32. The van der Waals surface area contributed by atoms with Gasteiger partial charge in [-0.3, -0.25) is 23.9 Å². The first-order valence-corrected chi connectivity index (χ1v) is 17.5. The molecule has 1 aliphatic carbocycles. The average molecular weight is 681 g/mol. The third kappa shape index (κ3) is 8.27. The van der Waals surface area contributed by atoms with Crippen LogP contribution in [0.5, 0.6) is 0 Å². The molecule has 0 bridgehead atoms. The number of amides is 4. The fourth-order valence-corrected chi connectivity index (χ4v) is 7.01. The summed E-state index contributed by atoms with van der Waals surface area (Å²) >= 11 is 1.14. The van der Waals surface area contributed by atoms with Gasteiger partial charge < -0.3 is 25.8 Å². The molecule has 3 aromatic rings. The number of hydrogen-bond acceptors (Lipinski definition) is 8. The zero-order valence-electron chi connectivity index (χ0n) is 27.9. The molecule has 48 heavy (non-hydrogen) atoms. The van der Waals surface area contributed by atoms with E-state index in [2.05, 4.69) is 37.2 Å². The third-order valence-electron chi connectivity index (χ3n) is 9.69. The van der Waals surface area contributed by atoms with Crippen molar-refractivity contribution >= 4 is 40.8 Å². The molecular weight excluding hydrogens is 635 g/mol. The molecule has 12 nitrogen and oxygen atoms in total. The Hall–Kier alpha value is -4.17. The van der Waals surface area contributed by atoms with Gasteiger partial charge in [0.2, 0.25) is 11.8 Å². The van der Waals surface area contributed by atoms with E-state index in [1.165, 1.54) is 18.3 Å². The maximum absolute atomic E-state index is 15.8. The van der Waals surface area contributed by atoms with Crippen LogP contribution in [0.1, 0.15) is 78.8 Å². The van der Waals surface area contributed by atoms with Crippen LogP contribution in [-0.2, 0) is 16.1 Å². The lowest BCUT2D eigenvalue weighted by atomic mass is 9.79. The van der Waals surface area contributed by atoms with E-state index in [0.29, 0.717) is 55.5 Å². The molecule has 0 unspecified atom stereocenters. The summed E-state index contributed by atoms with van der Waals surface area (Å²) < 4.78 is 21.3. The normalized spacial score (nSPS) is 20.4. The number of aryl methyl sites for hydroxylation is 1. The highest BCUT2D eigenvalue weighted by Gasteiger charge is 2.35. The minimum atomic E-state index is -0.953. The van der Waals surface area contributed by atoms with E-state index in [-0.39, 0.29) is 17.5 Å². The van der Waals surface area contributed by atoms with Crippen LogP contribution in [-0.4, -0.2) is 92.9 Å². The summed E-state index contributed by atoms with van der Waals surface area (Å²) in [5.41, 5.74) is 1.15. The van der Waals surface area contributed by atoms with Gasteiger partial charge in [0, 0.05) is 50.2 Å². The molecule has 3 heterocycles. The Morgan fingerprint density at radius 3 is 2.40 bits per heavy atom. The number of benzene rings is 1. The van der Waals surface area contributed by atoms with Gasteiger partial charge in [-0.1, -0.05) is 32.8 Å². The largest absolute Gasteiger partial charge is 0.340 e. The second-order valence-electron chi connectivity index (χ2n) is 13.0. The number of piperazine rings is 1.